The quantitative estimate of drug-likeness (QED) is 0.748. The SMILES string of the molecule is Nc1cc(Cl)c(NC2CCN3CCCCC23)c(C(=O)O)c1. The number of piperidine rings is 1. The minimum Gasteiger partial charge on any atom is -0.478 e. The molecule has 0 spiro atoms. The smallest absolute Gasteiger partial charge is 0.337 e. The van der Waals surface area contributed by atoms with Gasteiger partial charge in [0.05, 0.1) is 16.3 Å². The highest BCUT2D eigenvalue weighted by Gasteiger charge is 2.36. The monoisotopic (exact) mass is 309 g/mol. The Bertz CT molecular complexity index is 564. The van der Waals surface area contributed by atoms with Gasteiger partial charge in [0.25, 0.3) is 0 Å². The van der Waals surface area contributed by atoms with Crippen molar-refractivity contribution in [2.24, 2.45) is 0 Å². The van der Waals surface area contributed by atoms with Gasteiger partial charge in [-0.1, -0.05) is 18.0 Å². The summed E-state index contributed by atoms with van der Waals surface area (Å²) in [7, 11) is 0. The normalized spacial score (nSPS) is 25.6. The molecule has 0 saturated carbocycles. The Kier molecular flexibility index (Phi) is 3.95. The van der Waals surface area contributed by atoms with Gasteiger partial charge in [-0.2, -0.15) is 0 Å². The summed E-state index contributed by atoms with van der Waals surface area (Å²) in [5, 5.41) is 13.1. The first kappa shape index (κ1) is 14.5. The van der Waals surface area contributed by atoms with E-state index in [2.05, 4.69) is 10.2 Å². The van der Waals surface area contributed by atoms with Crippen molar-refractivity contribution < 1.29 is 9.90 Å². The number of hydrogen-bond donors (Lipinski definition) is 3. The number of carboxylic acid groups (broad SMARTS) is 1. The third-order valence-electron chi connectivity index (χ3n) is 4.53. The minimum atomic E-state index is -1.01. The molecular formula is C15H20ClN3O2. The summed E-state index contributed by atoms with van der Waals surface area (Å²) in [5.41, 5.74) is 6.71. The van der Waals surface area contributed by atoms with Crippen LogP contribution in [0.4, 0.5) is 11.4 Å². The molecule has 5 nitrogen and oxygen atoms in total. The number of fused-ring (bicyclic) bond motifs is 1. The second-order valence-corrected chi connectivity index (χ2v) is 6.28. The Balaban J connectivity index is 1.86. The Morgan fingerprint density at radius 3 is 2.90 bits per heavy atom. The van der Waals surface area contributed by atoms with Crippen molar-refractivity contribution in [2.75, 3.05) is 24.1 Å². The molecule has 2 unspecified atom stereocenters. The molecule has 0 bridgehead atoms. The number of nitrogens with two attached hydrogens (primary N) is 1. The number of halogens is 1. The number of anilines is 2. The van der Waals surface area contributed by atoms with Gasteiger partial charge in [-0.25, -0.2) is 4.79 Å². The molecule has 1 aromatic carbocycles. The summed E-state index contributed by atoms with van der Waals surface area (Å²) in [6.07, 6.45) is 4.67. The minimum absolute atomic E-state index is 0.147. The van der Waals surface area contributed by atoms with E-state index in [0.29, 0.717) is 22.4 Å². The summed E-state index contributed by atoms with van der Waals surface area (Å²) >= 11 is 6.21. The maximum atomic E-state index is 11.4. The number of nitrogens with zero attached hydrogens (tertiary/aromatic N) is 1. The van der Waals surface area contributed by atoms with Gasteiger partial charge in [0.1, 0.15) is 0 Å². The van der Waals surface area contributed by atoms with Crippen molar-refractivity contribution in [3.05, 3.63) is 22.7 Å². The number of nitrogens with one attached hydrogen (secondary N) is 1. The standard InChI is InChI=1S/C15H20ClN3O2/c16-11-8-9(17)7-10(15(20)21)14(11)18-12-4-6-19-5-2-1-3-13(12)19/h7-8,12-13,18H,1-6,17H2,(H,20,21). The van der Waals surface area contributed by atoms with Crippen LogP contribution in [0.1, 0.15) is 36.0 Å². The van der Waals surface area contributed by atoms with Crippen LogP contribution in [0.2, 0.25) is 5.02 Å². The van der Waals surface area contributed by atoms with Crippen molar-refractivity contribution in [3.63, 3.8) is 0 Å². The van der Waals surface area contributed by atoms with Crippen LogP contribution in [0.25, 0.3) is 0 Å². The molecule has 2 heterocycles. The molecule has 6 heteroatoms. The van der Waals surface area contributed by atoms with E-state index in [1.165, 1.54) is 18.9 Å². The van der Waals surface area contributed by atoms with Crippen molar-refractivity contribution in [1.82, 2.24) is 4.90 Å². The third kappa shape index (κ3) is 2.80. The van der Waals surface area contributed by atoms with Crippen LogP contribution in [0.15, 0.2) is 12.1 Å². The predicted molar refractivity (Wildman–Crippen MR) is 84.1 cm³/mol. The van der Waals surface area contributed by atoms with E-state index in [-0.39, 0.29) is 11.6 Å². The summed E-state index contributed by atoms with van der Waals surface area (Å²) < 4.78 is 0. The van der Waals surface area contributed by atoms with Gasteiger partial charge in [0.2, 0.25) is 0 Å². The number of aromatic carboxylic acids is 1. The first-order valence-electron chi connectivity index (χ1n) is 7.39. The van der Waals surface area contributed by atoms with Gasteiger partial charge >= 0.3 is 5.97 Å². The third-order valence-corrected chi connectivity index (χ3v) is 4.83. The number of rotatable bonds is 3. The van der Waals surface area contributed by atoms with Crippen LogP contribution in [-0.4, -0.2) is 41.1 Å². The van der Waals surface area contributed by atoms with Gasteiger partial charge in [-0.15, -0.1) is 0 Å². The molecule has 0 radical (unpaired) electrons. The zero-order valence-corrected chi connectivity index (χ0v) is 12.6. The van der Waals surface area contributed by atoms with Crippen LogP contribution >= 0.6 is 11.6 Å². The largest absolute Gasteiger partial charge is 0.478 e. The fraction of sp³-hybridized carbons (Fsp3) is 0.533. The van der Waals surface area contributed by atoms with Crippen molar-refractivity contribution in [1.29, 1.82) is 0 Å². The maximum Gasteiger partial charge on any atom is 0.337 e. The predicted octanol–water partition coefficient (Wildman–Crippen LogP) is 2.66. The Morgan fingerprint density at radius 2 is 2.14 bits per heavy atom. The van der Waals surface area contributed by atoms with Gasteiger partial charge in [-0.05, 0) is 37.9 Å². The molecule has 0 aromatic heterocycles. The van der Waals surface area contributed by atoms with Crippen molar-refractivity contribution >= 4 is 28.9 Å². The summed E-state index contributed by atoms with van der Waals surface area (Å²) in [6.45, 7) is 2.21. The van der Waals surface area contributed by atoms with Crippen molar-refractivity contribution in [3.8, 4) is 0 Å². The molecule has 0 aliphatic carbocycles. The Hall–Kier alpha value is -1.46. The molecule has 2 atom stereocenters. The fourth-order valence-corrected chi connectivity index (χ4v) is 3.83. The van der Waals surface area contributed by atoms with Crippen molar-refractivity contribution in [2.45, 2.75) is 37.8 Å². The van der Waals surface area contributed by atoms with E-state index in [0.717, 1.165) is 25.9 Å². The van der Waals surface area contributed by atoms with E-state index in [9.17, 15) is 9.90 Å². The zero-order valence-electron chi connectivity index (χ0n) is 11.8. The van der Waals surface area contributed by atoms with Crippen LogP contribution in [0, 0.1) is 0 Å². The van der Waals surface area contributed by atoms with E-state index in [1.54, 1.807) is 6.07 Å². The summed E-state index contributed by atoms with van der Waals surface area (Å²) in [4.78, 5) is 13.9. The molecule has 21 heavy (non-hydrogen) atoms. The molecular weight excluding hydrogens is 290 g/mol. The first-order chi connectivity index (χ1) is 10.1. The second kappa shape index (κ2) is 5.73. The number of carboxylic acids is 1. The molecule has 2 aliphatic rings. The molecule has 2 fully saturated rings. The fourth-order valence-electron chi connectivity index (χ4n) is 3.54. The van der Waals surface area contributed by atoms with Gasteiger partial charge in [-0.3, -0.25) is 4.90 Å². The highest BCUT2D eigenvalue weighted by Crippen LogP contribution is 2.34. The van der Waals surface area contributed by atoms with Crippen LogP contribution < -0.4 is 11.1 Å². The Labute approximate surface area is 129 Å². The number of nitrogen functional groups attached to an aromatic ring is 1. The maximum absolute atomic E-state index is 11.4. The lowest BCUT2D eigenvalue weighted by Gasteiger charge is -2.33. The number of carbonyl (C=O) groups is 1. The molecule has 4 N–H and O–H groups in total. The highest BCUT2D eigenvalue weighted by molar-refractivity contribution is 6.34. The topological polar surface area (TPSA) is 78.6 Å². The number of benzene rings is 1. The number of hydrogen-bond acceptors (Lipinski definition) is 4. The lowest BCUT2D eigenvalue weighted by Crippen LogP contribution is -2.42. The average Bonchev–Trinajstić information content (AvgIpc) is 2.84. The average molecular weight is 310 g/mol. The van der Waals surface area contributed by atoms with E-state index in [1.807, 2.05) is 0 Å². The van der Waals surface area contributed by atoms with Crippen LogP contribution in [-0.2, 0) is 0 Å². The van der Waals surface area contributed by atoms with Crippen LogP contribution in [0.5, 0.6) is 0 Å². The molecule has 0 amide bonds. The highest BCUT2D eigenvalue weighted by atomic mass is 35.5. The summed E-state index contributed by atoms with van der Waals surface area (Å²) in [6, 6.07) is 3.80. The van der Waals surface area contributed by atoms with E-state index in [4.69, 9.17) is 17.3 Å². The molecule has 114 valence electrons. The van der Waals surface area contributed by atoms with Gasteiger partial charge < -0.3 is 16.2 Å². The molecule has 2 saturated heterocycles. The lowest BCUT2D eigenvalue weighted by molar-refractivity contribution is 0.0698. The van der Waals surface area contributed by atoms with E-state index >= 15 is 0 Å². The van der Waals surface area contributed by atoms with Crippen LogP contribution in [0.3, 0.4) is 0 Å². The molecule has 1 aromatic rings. The molecule has 2 aliphatic heterocycles. The second-order valence-electron chi connectivity index (χ2n) is 5.87. The lowest BCUT2D eigenvalue weighted by atomic mass is 9.98. The van der Waals surface area contributed by atoms with Gasteiger partial charge in [0.15, 0.2) is 0 Å². The summed E-state index contributed by atoms with van der Waals surface area (Å²) in [5.74, 6) is -1.01. The van der Waals surface area contributed by atoms with Gasteiger partial charge in [0, 0.05) is 24.3 Å². The zero-order chi connectivity index (χ0) is 15.0. The van der Waals surface area contributed by atoms with E-state index < -0.39 is 5.97 Å². The first-order valence-corrected chi connectivity index (χ1v) is 7.77. The Morgan fingerprint density at radius 1 is 1.33 bits per heavy atom. The molecule has 3 rings (SSSR count).